The molecule has 0 unspecified atom stereocenters. The number of hydrogen-bond donors (Lipinski definition) is 0. The highest BCUT2D eigenvalue weighted by Gasteiger charge is 2.22. The Labute approximate surface area is 351 Å². The van der Waals surface area contributed by atoms with Crippen molar-refractivity contribution < 1.29 is 0 Å². The maximum Gasteiger partial charge on any atom is 0.145 e. The monoisotopic (exact) mass is 776 g/mol. The standard InChI is InChI=1S/C57H36N4/c1-3-15-37(16-4-1)38-27-29-39(30-28-38)57-58-55-47-23-9-7-19-43(47)44-20-8-10-24-48(44)56(55)61(57)42-33-31-41(32-34-42)60-52-26-14-12-22-46(52)50-35-53-49(36-54(50)60)45-21-11-13-25-51(45)59(53)40-17-5-2-6-18-40/h1-36H. The number of rotatable bonds is 5. The van der Waals surface area contributed by atoms with E-state index in [1.807, 2.05) is 0 Å². The Morgan fingerprint density at radius 1 is 0.262 bits per heavy atom. The molecule has 0 atom stereocenters. The molecule has 0 aliphatic carbocycles. The van der Waals surface area contributed by atoms with Crippen LogP contribution in [0.25, 0.3) is 116 Å². The molecule has 3 aromatic heterocycles. The van der Waals surface area contributed by atoms with Gasteiger partial charge in [-0.3, -0.25) is 4.57 Å². The minimum Gasteiger partial charge on any atom is -0.309 e. The fraction of sp³-hybridized carbons (Fsp3) is 0. The van der Waals surface area contributed by atoms with Crippen molar-refractivity contribution in [2.24, 2.45) is 0 Å². The summed E-state index contributed by atoms with van der Waals surface area (Å²) >= 11 is 0. The second-order valence-electron chi connectivity index (χ2n) is 15.9. The van der Waals surface area contributed by atoms with Gasteiger partial charge in [-0.15, -0.1) is 0 Å². The highest BCUT2D eigenvalue weighted by atomic mass is 15.1. The zero-order chi connectivity index (χ0) is 40.0. The van der Waals surface area contributed by atoms with E-state index in [9.17, 15) is 0 Å². The van der Waals surface area contributed by atoms with Gasteiger partial charge in [-0.1, -0.05) is 158 Å². The quantitative estimate of drug-likeness (QED) is 0.160. The van der Waals surface area contributed by atoms with Crippen molar-refractivity contribution in [2.45, 2.75) is 0 Å². The van der Waals surface area contributed by atoms with Crippen LogP contribution in [-0.2, 0) is 0 Å². The van der Waals surface area contributed by atoms with E-state index in [0.717, 1.165) is 44.9 Å². The molecule has 13 rings (SSSR count). The first kappa shape index (κ1) is 33.7. The fourth-order valence-corrected chi connectivity index (χ4v) is 9.91. The summed E-state index contributed by atoms with van der Waals surface area (Å²) in [6.45, 7) is 0. The summed E-state index contributed by atoms with van der Waals surface area (Å²) in [6.07, 6.45) is 0. The lowest BCUT2D eigenvalue weighted by Gasteiger charge is -2.14. The van der Waals surface area contributed by atoms with Crippen LogP contribution in [0.15, 0.2) is 218 Å². The number of nitrogens with zero attached hydrogens (tertiary/aromatic N) is 4. The van der Waals surface area contributed by atoms with Crippen LogP contribution in [0, 0.1) is 0 Å². The van der Waals surface area contributed by atoms with E-state index in [1.165, 1.54) is 70.9 Å². The van der Waals surface area contributed by atoms with Crippen molar-refractivity contribution in [1.29, 1.82) is 0 Å². The predicted molar refractivity (Wildman–Crippen MR) is 256 cm³/mol. The first-order valence-electron chi connectivity index (χ1n) is 20.9. The third-order valence-electron chi connectivity index (χ3n) is 12.6. The topological polar surface area (TPSA) is 27.7 Å². The molecular weight excluding hydrogens is 741 g/mol. The molecule has 10 aromatic carbocycles. The Balaban J connectivity index is 1.04. The summed E-state index contributed by atoms with van der Waals surface area (Å²) in [4.78, 5) is 5.53. The van der Waals surface area contributed by atoms with E-state index in [2.05, 4.69) is 232 Å². The number of hydrogen-bond acceptors (Lipinski definition) is 1. The maximum absolute atomic E-state index is 5.53. The van der Waals surface area contributed by atoms with Crippen molar-refractivity contribution in [1.82, 2.24) is 18.7 Å². The van der Waals surface area contributed by atoms with Gasteiger partial charge in [0, 0.05) is 54.9 Å². The van der Waals surface area contributed by atoms with Gasteiger partial charge in [0.25, 0.3) is 0 Å². The van der Waals surface area contributed by atoms with Gasteiger partial charge < -0.3 is 9.13 Å². The van der Waals surface area contributed by atoms with Crippen LogP contribution in [0.5, 0.6) is 0 Å². The second kappa shape index (κ2) is 13.2. The first-order chi connectivity index (χ1) is 30.3. The van der Waals surface area contributed by atoms with Gasteiger partial charge in [-0.05, 0) is 82.6 Å². The molecule has 284 valence electrons. The molecule has 0 fully saturated rings. The molecule has 13 aromatic rings. The van der Waals surface area contributed by atoms with Crippen LogP contribution in [0.2, 0.25) is 0 Å². The van der Waals surface area contributed by atoms with Gasteiger partial charge in [0.2, 0.25) is 0 Å². The number of benzene rings is 10. The molecular formula is C57H36N4. The minimum absolute atomic E-state index is 0.915. The van der Waals surface area contributed by atoms with Crippen molar-refractivity contribution in [2.75, 3.05) is 0 Å². The van der Waals surface area contributed by atoms with E-state index in [4.69, 9.17) is 4.98 Å². The summed E-state index contributed by atoms with van der Waals surface area (Å²) in [5.74, 6) is 0.915. The minimum atomic E-state index is 0.915. The first-order valence-corrected chi connectivity index (χ1v) is 20.9. The van der Waals surface area contributed by atoms with Crippen LogP contribution in [0.3, 0.4) is 0 Å². The Bertz CT molecular complexity index is 3830. The van der Waals surface area contributed by atoms with E-state index in [0.29, 0.717) is 0 Å². The van der Waals surface area contributed by atoms with Crippen molar-refractivity contribution in [3.8, 4) is 39.6 Å². The van der Waals surface area contributed by atoms with Gasteiger partial charge in [-0.2, -0.15) is 0 Å². The van der Waals surface area contributed by atoms with Gasteiger partial charge in [0.15, 0.2) is 0 Å². The average Bonchev–Trinajstić information content (AvgIpc) is 4.00. The molecule has 4 heteroatoms. The SMILES string of the molecule is c1ccc(-c2ccc(-c3nc4c5ccccc5c5ccccc5c4n3-c3ccc(-n4c5ccccc5c5cc6c(cc54)c4ccccc4n6-c4ccccc4)cc3)cc2)cc1. The summed E-state index contributed by atoms with van der Waals surface area (Å²) in [5.41, 5.74) is 13.6. The Morgan fingerprint density at radius 3 is 1.26 bits per heavy atom. The lowest BCUT2D eigenvalue weighted by molar-refractivity contribution is 1.10. The molecule has 0 N–H and O–H groups in total. The molecule has 0 aliphatic rings. The van der Waals surface area contributed by atoms with E-state index in [-0.39, 0.29) is 0 Å². The van der Waals surface area contributed by atoms with Crippen LogP contribution >= 0.6 is 0 Å². The average molecular weight is 777 g/mol. The van der Waals surface area contributed by atoms with E-state index >= 15 is 0 Å². The van der Waals surface area contributed by atoms with E-state index < -0.39 is 0 Å². The normalized spacial score (nSPS) is 11.9. The van der Waals surface area contributed by atoms with Gasteiger partial charge in [-0.25, -0.2) is 4.98 Å². The molecule has 61 heavy (non-hydrogen) atoms. The third kappa shape index (κ3) is 5.03. The molecule has 0 amide bonds. The summed E-state index contributed by atoms with van der Waals surface area (Å²) in [5, 5.41) is 9.70. The number of para-hydroxylation sites is 3. The second-order valence-corrected chi connectivity index (χ2v) is 15.9. The van der Waals surface area contributed by atoms with Gasteiger partial charge in [0.1, 0.15) is 5.82 Å². The summed E-state index contributed by atoms with van der Waals surface area (Å²) in [7, 11) is 0. The lowest BCUT2D eigenvalue weighted by Crippen LogP contribution is -2.00. The Kier molecular flexibility index (Phi) is 7.27. The molecule has 0 saturated carbocycles. The van der Waals surface area contributed by atoms with Crippen molar-refractivity contribution in [3.05, 3.63) is 218 Å². The smallest absolute Gasteiger partial charge is 0.145 e. The molecule has 0 bridgehead atoms. The molecule has 0 spiro atoms. The fourth-order valence-electron chi connectivity index (χ4n) is 9.91. The zero-order valence-electron chi connectivity index (χ0n) is 33.1. The van der Waals surface area contributed by atoms with Crippen molar-refractivity contribution >= 4 is 76.2 Å². The molecule has 0 saturated heterocycles. The van der Waals surface area contributed by atoms with E-state index in [1.54, 1.807) is 0 Å². The highest BCUT2D eigenvalue weighted by molar-refractivity contribution is 6.24. The molecule has 3 heterocycles. The predicted octanol–water partition coefficient (Wildman–Crippen LogP) is 14.9. The largest absolute Gasteiger partial charge is 0.309 e. The lowest BCUT2D eigenvalue weighted by atomic mass is 10.00. The van der Waals surface area contributed by atoms with Crippen molar-refractivity contribution in [3.63, 3.8) is 0 Å². The highest BCUT2D eigenvalue weighted by Crippen LogP contribution is 2.42. The number of aromatic nitrogens is 4. The number of imidazole rings is 1. The maximum atomic E-state index is 5.53. The summed E-state index contributed by atoms with van der Waals surface area (Å²) < 4.78 is 7.21. The molecule has 4 nitrogen and oxygen atoms in total. The van der Waals surface area contributed by atoms with Gasteiger partial charge in [0.05, 0.1) is 33.1 Å². The third-order valence-corrected chi connectivity index (χ3v) is 12.6. The summed E-state index contributed by atoms with van der Waals surface area (Å²) in [6, 6.07) is 79.0. The zero-order valence-corrected chi connectivity index (χ0v) is 33.1. The molecule has 0 radical (unpaired) electrons. The number of fused-ring (bicyclic) bond motifs is 12. The van der Waals surface area contributed by atoms with Gasteiger partial charge >= 0.3 is 0 Å². The van der Waals surface area contributed by atoms with Crippen LogP contribution in [0.1, 0.15) is 0 Å². The Hall–Kier alpha value is -8.21. The van der Waals surface area contributed by atoms with Crippen LogP contribution < -0.4 is 0 Å². The van der Waals surface area contributed by atoms with Crippen LogP contribution in [0.4, 0.5) is 0 Å². The Morgan fingerprint density at radius 2 is 0.672 bits per heavy atom. The molecule has 0 aliphatic heterocycles. The van der Waals surface area contributed by atoms with Crippen LogP contribution in [-0.4, -0.2) is 18.7 Å².